The first-order valence-corrected chi connectivity index (χ1v) is 15.2. The van der Waals surface area contributed by atoms with Crippen LogP contribution < -0.4 is 9.47 Å². The Hall–Kier alpha value is -4.94. The summed E-state index contributed by atoms with van der Waals surface area (Å²) in [4.78, 5) is 50.1. The molecule has 3 aromatic carbocycles. The van der Waals surface area contributed by atoms with E-state index in [0.717, 1.165) is 11.1 Å². The number of rotatable bonds is 8. The third-order valence-electron chi connectivity index (χ3n) is 9.51. The summed E-state index contributed by atoms with van der Waals surface area (Å²) in [6, 6.07) is 22.6. The Balaban J connectivity index is 1.32. The molecule has 4 aromatic rings. The zero-order chi connectivity index (χ0) is 33.1. The molecule has 7 rings (SSSR count). The van der Waals surface area contributed by atoms with Gasteiger partial charge < -0.3 is 19.1 Å². The van der Waals surface area contributed by atoms with Gasteiger partial charge in [-0.25, -0.2) is 4.89 Å². The van der Waals surface area contributed by atoms with Crippen molar-refractivity contribution in [1.29, 1.82) is 0 Å². The zero-order valence-corrected chi connectivity index (χ0v) is 25.9. The van der Waals surface area contributed by atoms with Crippen molar-refractivity contribution in [2.75, 3.05) is 14.1 Å². The van der Waals surface area contributed by atoms with Crippen LogP contribution in [0, 0.1) is 5.92 Å². The third kappa shape index (κ3) is 4.57. The van der Waals surface area contributed by atoms with E-state index in [9.17, 15) is 24.7 Å². The van der Waals surface area contributed by atoms with Crippen molar-refractivity contribution in [3.05, 3.63) is 124 Å². The summed E-state index contributed by atoms with van der Waals surface area (Å²) in [7, 11) is 3.43. The first-order chi connectivity index (χ1) is 22.6. The van der Waals surface area contributed by atoms with Crippen LogP contribution in [0.1, 0.15) is 62.6 Å². The van der Waals surface area contributed by atoms with Crippen LogP contribution in [0.2, 0.25) is 0 Å². The molecule has 1 heterocycles. The van der Waals surface area contributed by atoms with E-state index in [1.165, 1.54) is 6.92 Å². The summed E-state index contributed by atoms with van der Waals surface area (Å²) in [5, 5.41) is 26.8. The molecule has 0 saturated heterocycles. The number of carbonyl (C=O) groups excluding carboxylic acids is 3. The standard InChI is InChI=1S/C36H32N2O9/c1-35(47-43)22-15-10-16-25(44-18-20-11-6-4-7-12-20)26(22)30(39)27-23(35)17-24-29(38(2)3)31-28(33(41)36(24,42)32(27)40)34(37-46-31)45-19-21-13-8-5-9-14-21/h4-16,24,29,42-43H,17-19H2,1-3H3/t24-,29-,35+,36-/m0/s1. The summed E-state index contributed by atoms with van der Waals surface area (Å²) in [5.41, 5.74) is -2.89. The number of hydrogen-bond donors (Lipinski definition) is 2. The molecular weight excluding hydrogens is 604 g/mol. The van der Waals surface area contributed by atoms with Crippen LogP contribution in [-0.2, 0) is 28.5 Å². The Kier molecular flexibility index (Phi) is 7.44. The van der Waals surface area contributed by atoms with Gasteiger partial charge in [-0.15, -0.1) is 0 Å². The molecule has 0 bridgehead atoms. The molecule has 4 atom stereocenters. The summed E-state index contributed by atoms with van der Waals surface area (Å²) < 4.78 is 17.6. The van der Waals surface area contributed by atoms with E-state index < -0.39 is 46.1 Å². The highest BCUT2D eigenvalue weighted by Gasteiger charge is 2.66. The maximum absolute atomic E-state index is 14.6. The molecule has 0 saturated carbocycles. The van der Waals surface area contributed by atoms with Crippen LogP contribution in [0.25, 0.3) is 0 Å². The Bertz CT molecular complexity index is 1930. The molecule has 0 spiro atoms. The predicted molar refractivity (Wildman–Crippen MR) is 166 cm³/mol. The van der Waals surface area contributed by atoms with Crippen LogP contribution in [0.15, 0.2) is 94.5 Å². The van der Waals surface area contributed by atoms with Gasteiger partial charge in [-0.2, -0.15) is 0 Å². The minimum Gasteiger partial charge on any atom is -0.488 e. The molecule has 0 amide bonds. The van der Waals surface area contributed by atoms with E-state index in [0.29, 0.717) is 0 Å². The van der Waals surface area contributed by atoms with Gasteiger partial charge in [0.25, 0.3) is 5.88 Å². The lowest BCUT2D eigenvalue weighted by molar-refractivity contribution is -0.313. The Labute approximate surface area is 269 Å². The van der Waals surface area contributed by atoms with E-state index in [2.05, 4.69) is 5.16 Å². The van der Waals surface area contributed by atoms with Crippen molar-refractivity contribution in [1.82, 2.24) is 10.1 Å². The molecule has 0 radical (unpaired) electrons. The molecular formula is C36H32N2O9. The van der Waals surface area contributed by atoms with Gasteiger partial charge in [0.15, 0.2) is 11.4 Å². The number of nitrogens with zero attached hydrogens (tertiary/aromatic N) is 2. The van der Waals surface area contributed by atoms with E-state index in [4.69, 9.17) is 18.9 Å². The number of benzene rings is 3. The fourth-order valence-electron chi connectivity index (χ4n) is 7.15. The minimum atomic E-state index is -2.68. The summed E-state index contributed by atoms with van der Waals surface area (Å²) in [6.45, 7) is 1.72. The van der Waals surface area contributed by atoms with Crippen molar-refractivity contribution in [2.24, 2.45) is 5.92 Å². The van der Waals surface area contributed by atoms with Crippen molar-refractivity contribution < 1.29 is 43.6 Å². The molecule has 11 heteroatoms. The van der Waals surface area contributed by atoms with Crippen LogP contribution in [-0.4, -0.2) is 57.5 Å². The second-order valence-corrected chi connectivity index (χ2v) is 12.4. The zero-order valence-electron chi connectivity index (χ0n) is 25.9. The lowest BCUT2D eigenvalue weighted by atomic mass is 9.57. The minimum absolute atomic E-state index is 0.000834. The van der Waals surface area contributed by atoms with E-state index in [-0.39, 0.29) is 59.3 Å². The maximum Gasteiger partial charge on any atom is 0.265 e. The fraction of sp³-hybridized carbons (Fsp3) is 0.278. The number of Topliss-reactive ketones (excluding diaryl/α,β-unsaturated/α-hetero) is 3. The molecule has 1 aromatic heterocycles. The number of carbonyl (C=O) groups is 3. The van der Waals surface area contributed by atoms with Crippen LogP contribution >= 0.6 is 0 Å². The van der Waals surface area contributed by atoms with Gasteiger partial charge in [-0.1, -0.05) is 72.8 Å². The van der Waals surface area contributed by atoms with Crippen molar-refractivity contribution >= 4 is 17.3 Å². The number of aliphatic hydroxyl groups is 1. The van der Waals surface area contributed by atoms with Gasteiger partial charge >= 0.3 is 0 Å². The van der Waals surface area contributed by atoms with Gasteiger partial charge in [0.05, 0.1) is 17.2 Å². The predicted octanol–water partition coefficient (Wildman–Crippen LogP) is 4.85. The molecule has 0 aliphatic heterocycles. The Morgan fingerprint density at radius 1 is 0.872 bits per heavy atom. The summed E-state index contributed by atoms with van der Waals surface area (Å²) >= 11 is 0. The topological polar surface area (TPSA) is 149 Å². The Morgan fingerprint density at radius 3 is 2.13 bits per heavy atom. The lowest BCUT2D eigenvalue weighted by Gasteiger charge is -2.49. The van der Waals surface area contributed by atoms with Gasteiger partial charge in [0, 0.05) is 11.5 Å². The normalized spacial score (nSPS) is 24.9. The lowest BCUT2D eigenvalue weighted by Crippen LogP contribution is -2.63. The van der Waals surface area contributed by atoms with E-state index in [1.54, 1.807) is 37.2 Å². The van der Waals surface area contributed by atoms with Gasteiger partial charge in [0.1, 0.15) is 30.1 Å². The molecule has 0 unspecified atom stereocenters. The van der Waals surface area contributed by atoms with Gasteiger partial charge in [0.2, 0.25) is 17.3 Å². The van der Waals surface area contributed by atoms with E-state index in [1.807, 2.05) is 60.7 Å². The second-order valence-electron chi connectivity index (χ2n) is 12.4. The first kappa shape index (κ1) is 30.7. The van der Waals surface area contributed by atoms with Gasteiger partial charge in [-0.05, 0) is 55.4 Å². The molecule has 240 valence electrons. The highest BCUT2D eigenvalue weighted by molar-refractivity contribution is 6.37. The largest absolute Gasteiger partial charge is 0.488 e. The summed E-state index contributed by atoms with van der Waals surface area (Å²) in [5.74, 6) is -3.82. The molecule has 3 aliphatic carbocycles. The number of ketones is 3. The fourth-order valence-corrected chi connectivity index (χ4v) is 7.15. The smallest absolute Gasteiger partial charge is 0.265 e. The Morgan fingerprint density at radius 2 is 1.51 bits per heavy atom. The number of fused-ring (bicyclic) bond motifs is 3. The molecule has 47 heavy (non-hydrogen) atoms. The van der Waals surface area contributed by atoms with E-state index >= 15 is 0 Å². The molecule has 11 nitrogen and oxygen atoms in total. The first-order valence-electron chi connectivity index (χ1n) is 15.2. The average Bonchev–Trinajstić information content (AvgIpc) is 3.50. The number of ether oxygens (including phenoxy) is 2. The van der Waals surface area contributed by atoms with Crippen LogP contribution in [0.3, 0.4) is 0 Å². The number of hydrogen-bond acceptors (Lipinski definition) is 11. The SMILES string of the molecule is CN(C)[C@@H]1c2onc(OCc3ccccc3)c2C(=O)[C@@]2(O)C(=O)C3=C(C[C@@H]12)[C@](C)(OO)c1cccc(OCc2ccccc2)c1C3=O. The maximum atomic E-state index is 14.6. The van der Waals surface area contributed by atoms with Gasteiger partial charge in [-0.3, -0.25) is 24.5 Å². The van der Waals surface area contributed by atoms with Crippen LogP contribution in [0.4, 0.5) is 0 Å². The quantitative estimate of drug-likeness (QED) is 0.118. The summed E-state index contributed by atoms with van der Waals surface area (Å²) in [6.07, 6.45) is -0.163. The average molecular weight is 637 g/mol. The molecule has 0 fully saturated rings. The highest BCUT2D eigenvalue weighted by atomic mass is 17.1. The highest BCUT2D eigenvalue weighted by Crippen LogP contribution is 2.57. The van der Waals surface area contributed by atoms with Crippen molar-refractivity contribution in [3.63, 3.8) is 0 Å². The second kappa shape index (κ2) is 11.4. The van der Waals surface area contributed by atoms with Crippen LogP contribution in [0.5, 0.6) is 11.6 Å². The van der Waals surface area contributed by atoms with Crippen molar-refractivity contribution in [2.45, 2.75) is 43.8 Å². The molecule has 2 N–H and O–H groups in total. The molecule has 3 aliphatic rings. The monoisotopic (exact) mass is 636 g/mol. The number of aromatic nitrogens is 1. The van der Waals surface area contributed by atoms with Crippen molar-refractivity contribution in [3.8, 4) is 11.6 Å². The third-order valence-corrected chi connectivity index (χ3v) is 9.51.